The molecule has 0 aliphatic carbocycles. The first-order valence-corrected chi connectivity index (χ1v) is 5.37. The zero-order valence-corrected chi connectivity index (χ0v) is 10.2. The second kappa shape index (κ2) is 6.87. The van der Waals surface area contributed by atoms with Crippen LogP contribution in [-0.4, -0.2) is 4.98 Å². The van der Waals surface area contributed by atoms with Crippen LogP contribution in [0.25, 0.3) is 11.0 Å². The van der Waals surface area contributed by atoms with Gasteiger partial charge in [-0.1, -0.05) is 27.7 Å². The van der Waals surface area contributed by atoms with Crippen molar-refractivity contribution < 1.29 is 4.42 Å². The topological polar surface area (TPSA) is 52.0 Å². The fourth-order valence-electron chi connectivity index (χ4n) is 1.08. The molecule has 0 unspecified atom stereocenters. The van der Waals surface area contributed by atoms with Gasteiger partial charge in [0.1, 0.15) is 17.2 Å². The summed E-state index contributed by atoms with van der Waals surface area (Å²) in [5, 5.41) is 0.997. The van der Waals surface area contributed by atoms with Crippen molar-refractivity contribution in [1.29, 1.82) is 0 Å². The van der Waals surface area contributed by atoms with Crippen LogP contribution in [0.2, 0.25) is 0 Å². The van der Waals surface area contributed by atoms with E-state index < -0.39 is 0 Å². The fourth-order valence-corrected chi connectivity index (χ4v) is 1.08. The van der Waals surface area contributed by atoms with Crippen molar-refractivity contribution in [2.75, 3.05) is 5.73 Å². The molecule has 0 fully saturated rings. The van der Waals surface area contributed by atoms with Crippen LogP contribution in [0.3, 0.4) is 0 Å². The van der Waals surface area contributed by atoms with Gasteiger partial charge in [0.05, 0.1) is 0 Å². The molecule has 2 aromatic heterocycles. The quantitative estimate of drug-likeness (QED) is 0.717. The number of nitrogens with two attached hydrogens (primary N) is 1. The van der Waals surface area contributed by atoms with Gasteiger partial charge < -0.3 is 10.2 Å². The molecule has 0 radical (unpaired) electrons. The van der Waals surface area contributed by atoms with E-state index in [2.05, 4.69) is 4.98 Å². The maximum absolute atomic E-state index is 5.46. The fraction of sp³-hybridized carbons (Fsp3) is 0.417. The van der Waals surface area contributed by atoms with Gasteiger partial charge >= 0.3 is 0 Å². The molecule has 0 amide bonds. The maximum Gasteiger partial charge on any atom is 0.139 e. The second-order valence-corrected chi connectivity index (χ2v) is 2.50. The molecule has 0 aromatic carbocycles. The Hall–Kier alpha value is -1.51. The second-order valence-electron chi connectivity index (χ2n) is 2.50. The van der Waals surface area contributed by atoms with Gasteiger partial charge in [-0.25, -0.2) is 4.98 Å². The third-order valence-corrected chi connectivity index (χ3v) is 1.55. The van der Waals surface area contributed by atoms with Gasteiger partial charge in [0.25, 0.3) is 0 Å². The average molecular weight is 208 g/mol. The number of nitrogens with zero attached hydrogens (tertiary/aromatic N) is 1. The Kier molecular flexibility index (Phi) is 6.18. The van der Waals surface area contributed by atoms with Crippen LogP contribution in [0, 0.1) is 6.92 Å². The van der Waals surface area contributed by atoms with Crippen LogP contribution < -0.4 is 5.73 Å². The van der Waals surface area contributed by atoms with E-state index in [1.165, 1.54) is 0 Å². The zero-order valence-electron chi connectivity index (χ0n) is 10.2. The van der Waals surface area contributed by atoms with E-state index in [1.54, 1.807) is 12.3 Å². The van der Waals surface area contributed by atoms with Gasteiger partial charge in [-0.15, -0.1) is 0 Å². The van der Waals surface area contributed by atoms with Crippen molar-refractivity contribution in [1.82, 2.24) is 4.98 Å². The number of anilines is 1. The SMILES string of the molecule is CC.CC.Cc1cc2cnc(N)cc2o1. The van der Waals surface area contributed by atoms with Crippen LogP contribution in [0.4, 0.5) is 5.82 Å². The average Bonchev–Trinajstić information content (AvgIpc) is 2.63. The molecule has 0 saturated heterocycles. The lowest BCUT2D eigenvalue weighted by Gasteiger charge is -1.88. The number of aryl methyl sites for hydroxylation is 1. The summed E-state index contributed by atoms with van der Waals surface area (Å²) in [4.78, 5) is 3.94. The van der Waals surface area contributed by atoms with Crippen LogP contribution in [0.1, 0.15) is 33.5 Å². The lowest BCUT2D eigenvalue weighted by atomic mass is 10.3. The highest BCUT2D eigenvalue weighted by molar-refractivity contribution is 5.78. The van der Waals surface area contributed by atoms with Crippen molar-refractivity contribution >= 4 is 16.8 Å². The van der Waals surface area contributed by atoms with Gasteiger partial charge in [0.2, 0.25) is 0 Å². The van der Waals surface area contributed by atoms with Crippen molar-refractivity contribution in [2.24, 2.45) is 0 Å². The summed E-state index contributed by atoms with van der Waals surface area (Å²) in [7, 11) is 0. The van der Waals surface area contributed by atoms with Crippen LogP contribution in [0.15, 0.2) is 22.7 Å². The first kappa shape index (κ1) is 13.5. The highest BCUT2D eigenvalue weighted by Crippen LogP contribution is 2.18. The Morgan fingerprint density at radius 2 is 1.73 bits per heavy atom. The number of aromatic nitrogens is 1. The third-order valence-electron chi connectivity index (χ3n) is 1.55. The first-order chi connectivity index (χ1) is 7.25. The normalized spacial score (nSPS) is 8.60. The summed E-state index contributed by atoms with van der Waals surface area (Å²) in [6.45, 7) is 9.90. The van der Waals surface area contributed by atoms with E-state index in [1.807, 2.05) is 40.7 Å². The molecule has 2 rings (SSSR count). The van der Waals surface area contributed by atoms with Crippen molar-refractivity contribution in [3.8, 4) is 0 Å². The number of hydrogen-bond acceptors (Lipinski definition) is 3. The number of pyridine rings is 1. The van der Waals surface area contributed by atoms with Crippen molar-refractivity contribution in [3.63, 3.8) is 0 Å². The molecule has 0 atom stereocenters. The number of furan rings is 1. The predicted octanol–water partition coefficient (Wildman–Crippen LogP) is 3.77. The summed E-state index contributed by atoms with van der Waals surface area (Å²) in [5.74, 6) is 1.37. The lowest BCUT2D eigenvalue weighted by molar-refractivity contribution is 0.578. The Balaban J connectivity index is 0.000000442. The molecule has 0 aliphatic rings. The Morgan fingerprint density at radius 3 is 2.33 bits per heavy atom. The van der Waals surface area contributed by atoms with E-state index >= 15 is 0 Å². The highest BCUT2D eigenvalue weighted by Gasteiger charge is 1.99. The third kappa shape index (κ3) is 3.62. The van der Waals surface area contributed by atoms with Gasteiger partial charge in [0.15, 0.2) is 0 Å². The Labute approximate surface area is 91.3 Å². The van der Waals surface area contributed by atoms with Gasteiger partial charge in [-0.2, -0.15) is 0 Å². The molecule has 84 valence electrons. The summed E-state index contributed by atoms with van der Waals surface area (Å²) in [6, 6.07) is 3.66. The van der Waals surface area contributed by atoms with E-state index in [4.69, 9.17) is 10.2 Å². The van der Waals surface area contributed by atoms with E-state index in [0.29, 0.717) is 5.82 Å². The highest BCUT2D eigenvalue weighted by atomic mass is 16.3. The largest absolute Gasteiger partial charge is 0.461 e. The first-order valence-electron chi connectivity index (χ1n) is 5.37. The van der Waals surface area contributed by atoms with Crippen molar-refractivity contribution in [3.05, 3.63) is 24.1 Å². The minimum atomic E-state index is 0.492. The van der Waals surface area contributed by atoms with Crippen LogP contribution in [-0.2, 0) is 0 Å². The van der Waals surface area contributed by atoms with E-state index in [9.17, 15) is 0 Å². The Morgan fingerprint density at radius 1 is 1.13 bits per heavy atom. The maximum atomic E-state index is 5.46. The molecular weight excluding hydrogens is 188 g/mol. The minimum absolute atomic E-state index is 0.492. The summed E-state index contributed by atoms with van der Waals surface area (Å²) < 4.78 is 5.33. The summed E-state index contributed by atoms with van der Waals surface area (Å²) >= 11 is 0. The monoisotopic (exact) mass is 208 g/mol. The number of fused-ring (bicyclic) bond motifs is 1. The molecule has 0 bridgehead atoms. The standard InChI is InChI=1S/C8H8N2O.2C2H6/c1-5-2-6-4-10-8(9)3-7(6)11-5;2*1-2/h2-4H,1H3,(H2,9,10);2*1-2H3. The van der Waals surface area contributed by atoms with Gasteiger partial charge in [-0.05, 0) is 13.0 Å². The molecule has 0 aliphatic heterocycles. The van der Waals surface area contributed by atoms with E-state index in [0.717, 1.165) is 16.7 Å². The minimum Gasteiger partial charge on any atom is -0.461 e. The molecule has 2 heterocycles. The van der Waals surface area contributed by atoms with E-state index in [-0.39, 0.29) is 0 Å². The molecule has 15 heavy (non-hydrogen) atoms. The molecule has 0 spiro atoms. The Bertz CT molecular complexity index is 393. The zero-order chi connectivity index (χ0) is 11.8. The smallest absolute Gasteiger partial charge is 0.139 e. The van der Waals surface area contributed by atoms with Gasteiger partial charge in [-0.3, -0.25) is 0 Å². The molecule has 3 nitrogen and oxygen atoms in total. The van der Waals surface area contributed by atoms with Crippen molar-refractivity contribution in [2.45, 2.75) is 34.6 Å². The van der Waals surface area contributed by atoms with Gasteiger partial charge in [0, 0.05) is 17.6 Å². The molecular formula is C12H20N2O. The molecule has 2 aromatic rings. The van der Waals surface area contributed by atoms with Crippen LogP contribution >= 0.6 is 0 Å². The lowest BCUT2D eigenvalue weighted by Crippen LogP contribution is -1.86. The summed E-state index contributed by atoms with van der Waals surface area (Å²) in [5.41, 5.74) is 6.26. The number of rotatable bonds is 0. The molecule has 3 heteroatoms. The number of nitrogen functional groups attached to an aromatic ring is 1. The number of hydrogen-bond donors (Lipinski definition) is 1. The molecule has 2 N–H and O–H groups in total. The predicted molar refractivity (Wildman–Crippen MR) is 65.9 cm³/mol. The molecule has 0 saturated carbocycles. The van der Waals surface area contributed by atoms with Crippen LogP contribution in [0.5, 0.6) is 0 Å². The summed E-state index contributed by atoms with van der Waals surface area (Å²) in [6.07, 6.45) is 1.71.